The Labute approximate surface area is 130 Å². The first kappa shape index (κ1) is 14.6. The second-order valence-electron chi connectivity index (χ2n) is 5.72. The van der Waals surface area contributed by atoms with E-state index < -0.39 is 0 Å². The van der Waals surface area contributed by atoms with Gasteiger partial charge in [-0.2, -0.15) is 11.8 Å². The highest BCUT2D eigenvalue weighted by Gasteiger charge is 2.29. The van der Waals surface area contributed by atoms with Gasteiger partial charge < -0.3 is 9.80 Å². The highest BCUT2D eigenvalue weighted by molar-refractivity contribution is 7.99. The van der Waals surface area contributed by atoms with Gasteiger partial charge in [0.05, 0.1) is 11.9 Å². The number of aryl methyl sites for hydroxylation is 1. The number of aromatic nitrogens is 2. The zero-order chi connectivity index (χ0) is 14.7. The van der Waals surface area contributed by atoms with Gasteiger partial charge >= 0.3 is 0 Å². The molecule has 6 heteroatoms. The van der Waals surface area contributed by atoms with Crippen molar-refractivity contribution in [3.63, 3.8) is 0 Å². The Kier molecular flexibility index (Phi) is 4.63. The first-order valence-corrected chi connectivity index (χ1v) is 8.79. The van der Waals surface area contributed by atoms with Crippen molar-refractivity contribution >= 4 is 23.5 Å². The number of carbonyl (C=O) groups is 1. The number of thioether (sulfide) groups is 1. The lowest BCUT2D eigenvalue weighted by atomic mass is 9.95. The summed E-state index contributed by atoms with van der Waals surface area (Å²) >= 11 is 1.94. The second-order valence-corrected chi connectivity index (χ2v) is 6.94. The van der Waals surface area contributed by atoms with Gasteiger partial charge in [-0.05, 0) is 19.8 Å². The molecule has 0 aliphatic carbocycles. The fraction of sp³-hybridized carbons (Fsp3) is 0.667. The molecule has 2 aliphatic rings. The molecule has 0 radical (unpaired) electrons. The van der Waals surface area contributed by atoms with Crippen LogP contribution in [0.2, 0.25) is 0 Å². The topological polar surface area (TPSA) is 49.3 Å². The first-order chi connectivity index (χ1) is 10.2. The summed E-state index contributed by atoms with van der Waals surface area (Å²) in [7, 11) is 0. The van der Waals surface area contributed by atoms with Crippen molar-refractivity contribution in [2.75, 3.05) is 42.6 Å². The Hall–Kier alpha value is -1.30. The van der Waals surface area contributed by atoms with Crippen LogP contribution >= 0.6 is 11.8 Å². The highest BCUT2D eigenvalue weighted by atomic mass is 32.2. The normalized spacial score (nSPS) is 20.6. The van der Waals surface area contributed by atoms with E-state index in [-0.39, 0.29) is 5.92 Å². The molecular weight excluding hydrogens is 284 g/mol. The standard InChI is InChI=1S/C15H22N4OS/c1-12-10-16-11-14(17-12)18-4-2-13(3-5-18)15(20)19-6-8-21-9-7-19/h10-11,13H,2-9H2,1H3. The lowest BCUT2D eigenvalue weighted by Crippen LogP contribution is -2.45. The zero-order valence-electron chi connectivity index (χ0n) is 12.5. The SMILES string of the molecule is Cc1cncc(N2CCC(C(=O)N3CCSCC3)CC2)n1. The maximum absolute atomic E-state index is 12.5. The highest BCUT2D eigenvalue weighted by Crippen LogP contribution is 2.24. The molecule has 0 spiro atoms. The Bertz CT molecular complexity index is 496. The summed E-state index contributed by atoms with van der Waals surface area (Å²) in [6, 6.07) is 0. The summed E-state index contributed by atoms with van der Waals surface area (Å²) in [6.07, 6.45) is 5.45. The fourth-order valence-corrected chi connectivity index (χ4v) is 3.90. The number of carbonyl (C=O) groups excluding carboxylic acids is 1. The summed E-state index contributed by atoms with van der Waals surface area (Å²) in [4.78, 5) is 25.6. The van der Waals surface area contributed by atoms with E-state index in [0.717, 1.165) is 62.0 Å². The number of hydrogen-bond donors (Lipinski definition) is 0. The van der Waals surface area contributed by atoms with E-state index in [1.54, 1.807) is 6.20 Å². The van der Waals surface area contributed by atoms with Crippen molar-refractivity contribution in [2.24, 2.45) is 5.92 Å². The lowest BCUT2D eigenvalue weighted by Gasteiger charge is -2.35. The summed E-state index contributed by atoms with van der Waals surface area (Å²) < 4.78 is 0. The van der Waals surface area contributed by atoms with E-state index in [9.17, 15) is 4.79 Å². The molecule has 2 saturated heterocycles. The van der Waals surface area contributed by atoms with Crippen molar-refractivity contribution in [1.82, 2.24) is 14.9 Å². The maximum Gasteiger partial charge on any atom is 0.225 e. The van der Waals surface area contributed by atoms with Gasteiger partial charge in [0.2, 0.25) is 5.91 Å². The van der Waals surface area contributed by atoms with Crippen molar-refractivity contribution in [3.05, 3.63) is 18.1 Å². The molecule has 0 N–H and O–H groups in total. The third-order valence-corrected chi connectivity index (χ3v) is 5.18. The van der Waals surface area contributed by atoms with Crippen LogP contribution in [0.4, 0.5) is 5.82 Å². The van der Waals surface area contributed by atoms with Crippen LogP contribution in [0.15, 0.2) is 12.4 Å². The van der Waals surface area contributed by atoms with Crippen molar-refractivity contribution in [3.8, 4) is 0 Å². The molecule has 1 aromatic rings. The minimum absolute atomic E-state index is 0.196. The van der Waals surface area contributed by atoms with E-state index in [1.807, 2.05) is 24.9 Å². The number of piperidine rings is 1. The molecule has 0 bridgehead atoms. The van der Waals surface area contributed by atoms with Crippen molar-refractivity contribution < 1.29 is 4.79 Å². The van der Waals surface area contributed by atoms with Gasteiger partial charge in [0, 0.05) is 49.8 Å². The molecule has 21 heavy (non-hydrogen) atoms. The smallest absolute Gasteiger partial charge is 0.225 e. The van der Waals surface area contributed by atoms with Gasteiger partial charge in [-0.3, -0.25) is 9.78 Å². The minimum atomic E-state index is 0.196. The molecule has 5 nitrogen and oxygen atoms in total. The minimum Gasteiger partial charge on any atom is -0.355 e. The largest absolute Gasteiger partial charge is 0.355 e. The van der Waals surface area contributed by atoms with E-state index in [1.165, 1.54) is 0 Å². The quantitative estimate of drug-likeness (QED) is 0.830. The lowest BCUT2D eigenvalue weighted by molar-refractivity contribution is -0.135. The average molecular weight is 306 g/mol. The predicted molar refractivity (Wildman–Crippen MR) is 85.6 cm³/mol. The Balaban J connectivity index is 1.56. The zero-order valence-corrected chi connectivity index (χ0v) is 13.3. The predicted octanol–water partition coefficient (Wildman–Crippen LogP) is 1.58. The average Bonchev–Trinajstić information content (AvgIpc) is 2.55. The Morgan fingerprint density at radius 3 is 2.57 bits per heavy atom. The van der Waals surface area contributed by atoms with Crippen LogP contribution in [0.1, 0.15) is 18.5 Å². The van der Waals surface area contributed by atoms with E-state index in [0.29, 0.717) is 5.91 Å². The molecule has 2 aliphatic heterocycles. The molecule has 3 rings (SSSR count). The molecule has 2 fully saturated rings. The van der Waals surface area contributed by atoms with Crippen LogP contribution in [-0.4, -0.2) is 58.5 Å². The van der Waals surface area contributed by atoms with E-state index >= 15 is 0 Å². The molecule has 0 aromatic carbocycles. The Morgan fingerprint density at radius 1 is 1.19 bits per heavy atom. The third kappa shape index (κ3) is 3.48. The van der Waals surface area contributed by atoms with Gasteiger partial charge in [0.1, 0.15) is 5.82 Å². The Morgan fingerprint density at radius 2 is 1.90 bits per heavy atom. The van der Waals surface area contributed by atoms with E-state index in [4.69, 9.17) is 0 Å². The molecule has 114 valence electrons. The van der Waals surface area contributed by atoms with Crippen LogP contribution in [0.25, 0.3) is 0 Å². The van der Waals surface area contributed by atoms with Crippen LogP contribution in [0.3, 0.4) is 0 Å². The molecule has 0 saturated carbocycles. The monoisotopic (exact) mass is 306 g/mol. The fourth-order valence-electron chi connectivity index (χ4n) is 3.00. The molecule has 0 atom stereocenters. The summed E-state index contributed by atoms with van der Waals surface area (Å²) in [5.41, 5.74) is 0.941. The van der Waals surface area contributed by atoms with Gasteiger partial charge in [0.25, 0.3) is 0 Å². The van der Waals surface area contributed by atoms with Gasteiger partial charge in [-0.25, -0.2) is 4.98 Å². The molecule has 0 unspecified atom stereocenters. The summed E-state index contributed by atoms with van der Waals surface area (Å²) in [5.74, 6) is 3.68. The second kappa shape index (κ2) is 6.64. The van der Waals surface area contributed by atoms with Crippen LogP contribution in [0.5, 0.6) is 0 Å². The van der Waals surface area contributed by atoms with Crippen LogP contribution < -0.4 is 4.90 Å². The number of rotatable bonds is 2. The van der Waals surface area contributed by atoms with Crippen LogP contribution in [-0.2, 0) is 4.79 Å². The van der Waals surface area contributed by atoms with Gasteiger partial charge in [-0.1, -0.05) is 0 Å². The van der Waals surface area contributed by atoms with Crippen LogP contribution in [0, 0.1) is 12.8 Å². The number of anilines is 1. The number of nitrogens with zero attached hydrogens (tertiary/aromatic N) is 4. The summed E-state index contributed by atoms with van der Waals surface area (Å²) in [6.45, 7) is 5.61. The number of hydrogen-bond acceptors (Lipinski definition) is 5. The molecule has 3 heterocycles. The van der Waals surface area contributed by atoms with Crippen molar-refractivity contribution in [2.45, 2.75) is 19.8 Å². The van der Waals surface area contributed by atoms with Gasteiger partial charge in [0.15, 0.2) is 0 Å². The molecular formula is C15H22N4OS. The molecule has 1 aromatic heterocycles. The van der Waals surface area contributed by atoms with Gasteiger partial charge in [-0.15, -0.1) is 0 Å². The van der Waals surface area contributed by atoms with Crippen molar-refractivity contribution in [1.29, 1.82) is 0 Å². The number of amides is 1. The third-order valence-electron chi connectivity index (χ3n) is 4.23. The molecule has 1 amide bonds. The first-order valence-electron chi connectivity index (χ1n) is 7.64. The summed E-state index contributed by atoms with van der Waals surface area (Å²) in [5, 5.41) is 0. The maximum atomic E-state index is 12.5. The van der Waals surface area contributed by atoms with E-state index in [2.05, 4.69) is 19.8 Å².